The fourth-order valence-electron chi connectivity index (χ4n) is 2.11. The molecule has 0 amide bonds. The molecule has 0 fully saturated rings. The molecule has 0 aromatic heterocycles. The van der Waals surface area contributed by atoms with Crippen molar-refractivity contribution in [3.63, 3.8) is 0 Å². The number of hydrogen-bond donors (Lipinski definition) is 0. The van der Waals surface area contributed by atoms with Crippen LogP contribution in [0, 0.1) is 0 Å². The van der Waals surface area contributed by atoms with Crippen LogP contribution < -0.4 is 8.92 Å². The first-order valence-electron chi connectivity index (χ1n) is 7.20. The molecule has 0 N–H and O–H groups in total. The quantitative estimate of drug-likeness (QED) is 0.437. The van der Waals surface area contributed by atoms with Crippen molar-refractivity contribution in [2.45, 2.75) is 18.2 Å². The number of allylic oxidation sites excluding steroid dienone is 1. The van der Waals surface area contributed by atoms with E-state index in [1.165, 1.54) is 38.3 Å². The Bertz CT molecular complexity index is 869. The van der Waals surface area contributed by atoms with E-state index in [1.54, 1.807) is 24.3 Å². The summed E-state index contributed by atoms with van der Waals surface area (Å²) in [6, 6.07) is 10.7. The molecule has 0 spiro atoms. The Labute approximate surface area is 141 Å². The molecule has 0 aliphatic heterocycles. The van der Waals surface area contributed by atoms with Gasteiger partial charge in [-0.1, -0.05) is 24.3 Å². The highest BCUT2D eigenvalue weighted by Crippen LogP contribution is 2.31. The SMILES string of the molecule is C=CCc1ccc(OS(=O)(=O)c2cccc(C(C)=O)c2)c(OC)c1. The highest BCUT2D eigenvalue weighted by atomic mass is 32.2. The van der Waals surface area contributed by atoms with E-state index in [1.807, 2.05) is 0 Å². The molecule has 0 aliphatic rings. The summed E-state index contributed by atoms with van der Waals surface area (Å²) in [7, 11) is -2.65. The predicted molar refractivity (Wildman–Crippen MR) is 91.2 cm³/mol. The average Bonchev–Trinajstić information content (AvgIpc) is 2.56. The lowest BCUT2D eigenvalue weighted by Crippen LogP contribution is -2.11. The van der Waals surface area contributed by atoms with E-state index < -0.39 is 10.1 Å². The largest absolute Gasteiger partial charge is 0.493 e. The Kier molecular flexibility index (Phi) is 5.41. The first-order valence-corrected chi connectivity index (χ1v) is 8.61. The summed E-state index contributed by atoms with van der Waals surface area (Å²) in [5, 5.41) is 0. The van der Waals surface area contributed by atoms with E-state index in [4.69, 9.17) is 8.92 Å². The number of ketones is 1. The minimum absolute atomic E-state index is 0.0820. The summed E-state index contributed by atoms with van der Waals surface area (Å²) in [5.74, 6) is 0.164. The second-order valence-corrected chi connectivity index (χ2v) is 6.65. The van der Waals surface area contributed by atoms with Gasteiger partial charge in [0.05, 0.1) is 7.11 Å². The number of rotatable bonds is 7. The number of benzene rings is 2. The van der Waals surface area contributed by atoms with Crippen LogP contribution in [0.3, 0.4) is 0 Å². The number of ether oxygens (including phenoxy) is 1. The maximum Gasteiger partial charge on any atom is 0.339 e. The summed E-state index contributed by atoms with van der Waals surface area (Å²) in [6.45, 7) is 5.03. The molecule has 126 valence electrons. The van der Waals surface area contributed by atoms with Crippen molar-refractivity contribution in [3.8, 4) is 11.5 Å². The maximum atomic E-state index is 12.4. The van der Waals surface area contributed by atoms with Gasteiger partial charge in [0.1, 0.15) is 4.90 Å². The molecule has 5 nitrogen and oxygen atoms in total. The van der Waals surface area contributed by atoms with Gasteiger partial charge in [-0.25, -0.2) is 0 Å². The van der Waals surface area contributed by atoms with Crippen LogP contribution in [0.2, 0.25) is 0 Å². The van der Waals surface area contributed by atoms with Crippen molar-refractivity contribution in [1.29, 1.82) is 0 Å². The third-order valence-corrected chi connectivity index (χ3v) is 4.57. The first kappa shape index (κ1) is 17.7. The zero-order valence-corrected chi connectivity index (χ0v) is 14.3. The van der Waals surface area contributed by atoms with Crippen molar-refractivity contribution >= 4 is 15.9 Å². The van der Waals surface area contributed by atoms with Gasteiger partial charge in [-0.05, 0) is 43.2 Å². The van der Waals surface area contributed by atoms with Gasteiger partial charge in [-0.2, -0.15) is 8.42 Å². The molecule has 24 heavy (non-hydrogen) atoms. The smallest absolute Gasteiger partial charge is 0.339 e. The fraction of sp³-hybridized carbons (Fsp3) is 0.167. The van der Waals surface area contributed by atoms with E-state index in [9.17, 15) is 13.2 Å². The molecule has 0 heterocycles. The molecule has 0 atom stereocenters. The van der Waals surface area contributed by atoms with Crippen molar-refractivity contribution < 1.29 is 22.1 Å². The number of Topliss-reactive ketones (excluding diaryl/α,β-unsaturated/α-hetero) is 1. The minimum atomic E-state index is -4.08. The van der Waals surface area contributed by atoms with Gasteiger partial charge < -0.3 is 8.92 Å². The molecule has 2 aromatic carbocycles. The van der Waals surface area contributed by atoms with Gasteiger partial charge in [-0.3, -0.25) is 4.79 Å². The van der Waals surface area contributed by atoms with Crippen LogP contribution in [0.15, 0.2) is 60.0 Å². The van der Waals surface area contributed by atoms with Crippen molar-refractivity contribution in [3.05, 3.63) is 66.2 Å². The zero-order valence-electron chi connectivity index (χ0n) is 13.5. The lowest BCUT2D eigenvalue weighted by molar-refractivity contribution is 0.101. The standard InChI is InChI=1S/C18H18O5S/c1-4-6-14-9-10-17(18(11-14)22-3)23-24(20,21)16-8-5-7-15(12-16)13(2)19/h4-5,7-12H,1,6H2,2-3H3. The van der Waals surface area contributed by atoms with E-state index in [-0.39, 0.29) is 16.4 Å². The summed E-state index contributed by atoms with van der Waals surface area (Å²) >= 11 is 0. The van der Waals surface area contributed by atoms with Crippen molar-refractivity contribution in [2.24, 2.45) is 0 Å². The molecule has 0 saturated carbocycles. The summed E-state index contributed by atoms with van der Waals surface area (Å²) in [6.07, 6.45) is 2.36. The molecule has 0 radical (unpaired) electrons. The van der Waals surface area contributed by atoms with Gasteiger partial charge in [0.15, 0.2) is 17.3 Å². The lowest BCUT2D eigenvalue weighted by atomic mass is 10.1. The molecule has 2 aromatic rings. The third kappa shape index (κ3) is 4.02. The summed E-state index contributed by atoms with van der Waals surface area (Å²) in [4.78, 5) is 11.3. The van der Waals surface area contributed by atoms with Gasteiger partial charge in [-0.15, -0.1) is 6.58 Å². The monoisotopic (exact) mass is 346 g/mol. The number of carbonyl (C=O) groups excluding carboxylic acids is 1. The van der Waals surface area contributed by atoms with E-state index in [0.29, 0.717) is 17.7 Å². The average molecular weight is 346 g/mol. The van der Waals surface area contributed by atoms with Crippen LogP contribution in [0.4, 0.5) is 0 Å². The highest BCUT2D eigenvalue weighted by Gasteiger charge is 2.20. The van der Waals surface area contributed by atoms with Crippen LogP contribution in [-0.2, 0) is 16.5 Å². The van der Waals surface area contributed by atoms with E-state index in [0.717, 1.165) is 5.56 Å². The summed E-state index contributed by atoms with van der Waals surface area (Å²) in [5.41, 5.74) is 1.22. The molecule has 0 saturated heterocycles. The highest BCUT2D eigenvalue weighted by molar-refractivity contribution is 7.87. The first-order chi connectivity index (χ1) is 11.4. The number of carbonyl (C=O) groups is 1. The van der Waals surface area contributed by atoms with Crippen LogP contribution in [0.5, 0.6) is 11.5 Å². The molecule has 0 bridgehead atoms. The Hall–Kier alpha value is -2.60. The number of methoxy groups -OCH3 is 1. The fourth-order valence-corrected chi connectivity index (χ4v) is 3.10. The van der Waals surface area contributed by atoms with Gasteiger partial charge in [0, 0.05) is 5.56 Å². The predicted octanol–water partition coefficient (Wildman–Crippen LogP) is 3.39. The van der Waals surface area contributed by atoms with E-state index in [2.05, 4.69) is 6.58 Å². The number of hydrogen-bond acceptors (Lipinski definition) is 5. The second-order valence-electron chi connectivity index (χ2n) is 5.10. The second kappa shape index (κ2) is 7.31. The molecule has 0 unspecified atom stereocenters. The zero-order chi connectivity index (χ0) is 17.7. The topological polar surface area (TPSA) is 69.7 Å². The molecule has 2 rings (SSSR count). The normalized spacial score (nSPS) is 10.9. The van der Waals surface area contributed by atoms with Gasteiger partial charge >= 0.3 is 10.1 Å². The molecule has 6 heteroatoms. The van der Waals surface area contributed by atoms with Crippen molar-refractivity contribution in [2.75, 3.05) is 7.11 Å². The van der Waals surface area contributed by atoms with Gasteiger partial charge in [0.25, 0.3) is 0 Å². The molecule has 0 aliphatic carbocycles. The van der Waals surface area contributed by atoms with Crippen LogP contribution in [0.1, 0.15) is 22.8 Å². The Morgan fingerprint density at radius 1 is 1.17 bits per heavy atom. The Morgan fingerprint density at radius 3 is 2.54 bits per heavy atom. The lowest BCUT2D eigenvalue weighted by Gasteiger charge is -2.12. The molecular weight excluding hydrogens is 328 g/mol. The van der Waals surface area contributed by atoms with E-state index >= 15 is 0 Å². The van der Waals surface area contributed by atoms with Gasteiger partial charge in [0.2, 0.25) is 0 Å². The minimum Gasteiger partial charge on any atom is -0.493 e. The maximum absolute atomic E-state index is 12.4. The third-order valence-electron chi connectivity index (χ3n) is 3.34. The van der Waals surface area contributed by atoms with Crippen LogP contribution in [-0.4, -0.2) is 21.3 Å². The van der Waals surface area contributed by atoms with Crippen molar-refractivity contribution in [1.82, 2.24) is 0 Å². The molecular formula is C18H18O5S. The Morgan fingerprint density at radius 2 is 1.92 bits per heavy atom. The Balaban J connectivity index is 2.37. The van der Waals surface area contributed by atoms with Crippen LogP contribution in [0.25, 0.3) is 0 Å². The summed E-state index contributed by atoms with van der Waals surface area (Å²) < 4.78 is 35.3. The van der Waals surface area contributed by atoms with Crippen LogP contribution >= 0.6 is 0 Å².